The second-order valence-electron chi connectivity index (χ2n) is 4.03. The van der Waals surface area contributed by atoms with Gasteiger partial charge in [0, 0.05) is 5.69 Å². The van der Waals surface area contributed by atoms with Gasteiger partial charge in [-0.15, -0.1) is 0 Å². The maximum absolute atomic E-state index is 11.3. The Morgan fingerprint density at radius 2 is 2.32 bits per heavy atom. The number of aliphatic carboxylic acids is 1. The van der Waals surface area contributed by atoms with Crippen LogP contribution >= 0.6 is 0 Å². The number of aromatic nitrogens is 2. The molecule has 0 saturated carbocycles. The fourth-order valence-electron chi connectivity index (χ4n) is 1.54. The van der Waals surface area contributed by atoms with Crippen LogP contribution in [0.15, 0.2) is 18.7 Å². The van der Waals surface area contributed by atoms with E-state index in [1.807, 2.05) is 19.9 Å². The summed E-state index contributed by atoms with van der Waals surface area (Å²) in [6.45, 7) is 7.08. The summed E-state index contributed by atoms with van der Waals surface area (Å²) in [6, 6.07) is 0.727. The van der Waals surface area contributed by atoms with Crippen molar-refractivity contribution < 1.29 is 19.4 Å². The van der Waals surface area contributed by atoms with Crippen LogP contribution in [0.5, 0.6) is 0 Å². The van der Waals surface area contributed by atoms with Crippen molar-refractivity contribution in [1.82, 2.24) is 15.1 Å². The Bertz CT molecular complexity index is 481. The predicted molar refractivity (Wildman–Crippen MR) is 67.8 cm³/mol. The average Bonchev–Trinajstić information content (AvgIpc) is 2.64. The number of carbonyl (C=O) groups is 2. The van der Waals surface area contributed by atoms with Crippen molar-refractivity contribution in [3.8, 4) is 0 Å². The molecule has 1 heterocycles. The third kappa shape index (κ3) is 4.46. The van der Waals surface area contributed by atoms with Crippen molar-refractivity contribution in [3.05, 3.63) is 30.1 Å². The summed E-state index contributed by atoms with van der Waals surface area (Å²) < 4.78 is 6.21. The van der Waals surface area contributed by atoms with Crippen LogP contribution in [-0.2, 0) is 16.1 Å². The molecule has 0 aliphatic rings. The zero-order valence-corrected chi connectivity index (χ0v) is 10.9. The van der Waals surface area contributed by atoms with Crippen LogP contribution in [0.4, 0.5) is 4.79 Å². The second-order valence-corrected chi connectivity index (χ2v) is 4.03. The Hall–Kier alpha value is -2.31. The van der Waals surface area contributed by atoms with E-state index in [0.29, 0.717) is 0 Å². The molecule has 0 bridgehead atoms. The number of aryl methyl sites for hydroxylation is 2. The smallest absolute Gasteiger partial charge is 0.408 e. The van der Waals surface area contributed by atoms with Crippen molar-refractivity contribution in [2.45, 2.75) is 26.4 Å². The number of amides is 1. The Labute approximate surface area is 110 Å². The van der Waals surface area contributed by atoms with Gasteiger partial charge in [-0.3, -0.25) is 4.68 Å². The summed E-state index contributed by atoms with van der Waals surface area (Å²) >= 11 is 0. The van der Waals surface area contributed by atoms with Crippen molar-refractivity contribution in [2.75, 3.05) is 6.61 Å². The first-order valence-corrected chi connectivity index (χ1v) is 5.72. The zero-order valence-electron chi connectivity index (χ0n) is 10.9. The lowest BCUT2D eigenvalue weighted by molar-refractivity contribution is -0.139. The number of ether oxygens (including phenoxy) is 1. The number of nitrogens with zero attached hydrogens (tertiary/aromatic N) is 2. The highest BCUT2D eigenvalue weighted by molar-refractivity contribution is 5.79. The molecular weight excluding hydrogens is 250 g/mol. The summed E-state index contributed by atoms with van der Waals surface area (Å²) in [6.07, 6.45) is 0.602. The molecule has 1 aromatic heterocycles. The van der Waals surface area contributed by atoms with E-state index >= 15 is 0 Å². The molecule has 0 aliphatic heterocycles. The van der Waals surface area contributed by atoms with Crippen molar-refractivity contribution >= 4 is 12.1 Å². The summed E-state index contributed by atoms with van der Waals surface area (Å²) in [5, 5.41) is 15.5. The first-order chi connectivity index (χ1) is 8.93. The third-order valence-corrected chi connectivity index (χ3v) is 2.38. The van der Waals surface area contributed by atoms with Gasteiger partial charge in [0.1, 0.15) is 12.6 Å². The van der Waals surface area contributed by atoms with Crippen LogP contribution in [-0.4, -0.2) is 39.6 Å². The lowest BCUT2D eigenvalue weighted by atomic mass is 10.3. The maximum atomic E-state index is 11.3. The van der Waals surface area contributed by atoms with Crippen LogP contribution in [0.3, 0.4) is 0 Å². The summed E-state index contributed by atoms with van der Waals surface area (Å²) in [5.41, 5.74) is 1.61. The Morgan fingerprint density at radius 1 is 1.63 bits per heavy atom. The normalized spacial score (nSPS) is 11.7. The number of hydrogen-bond acceptors (Lipinski definition) is 4. The van der Waals surface area contributed by atoms with Crippen molar-refractivity contribution in [3.63, 3.8) is 0 Å². The van der Waals surface area contributed by atoms with Gasteiger partial charge in [-0.2, -0.15) is 5.10 Å². The summed E-state index contributed by atoms with van der Waals surface area (Å²) in [7, 11) is 0. The van der Waals surface area contributed by atoms with Gasteiger partial charge in [-0.25, -0.2) is 9.59 Å². The first-order valence-electron chi connectivity index (χ1n) is 5.72. The molecule has 1 rings (SSSR count). The largest absolute Gasteiger partial charge is 0.480 e. The summed E-state index contributed by atoms with van der Waals surface area (Å²) in [4.78, 5) is 22.4. The molecule has 1 aromatic rings. The van der Waals surface area contributed by atoms with E-state index in [2.05, 4.69) is 21.7 Å². The first kappa shape index (κ1) is 14.7. The minimum atomic E-state index is -1.15. The highest BCUT2D eigenvalue weighted by Crippen LogP contribution is 2.03. The Balaban J connectivity index is 2.68. The molecule has 0 spiro atoms. The number of carboxylic acid groups (broad SMARTS) is 1. The van der Waals surface area contributed by atoms with E-state index in [4.69, 9.17) is 5.11 Å². The third-order valence-electron chi connectivity index (χ3n) is 2.38. The molecule has 1 unspecified atom stereocenters. The SMILES string of the molecule is C=CCOC(=O)NC(Cn1nc(C)cc1C)C(=O)O. The molecule has 1 amide bonds. The van der Waals surface area contributed by atoms with Crippen LogP contribution in [0.1, 0.15) is 11.4 Å². The van der Waals surface area contributed by atoms with E-state index in [9.17, 15) is 9.59 Å². The van der Waals surface area contributed by atoms with Gasteiger partial charge < -0.3 is 15.2 Å². The highest BCUT2D eigenvalue weighted by atomic mass is 16.5. The molecule has 0 aromatic carbocycles. The predicted octanol–water partition coefficient (Wildman–Crippen LogP) is 0.865. The Kier molecular flexibility index (Phi) is 5.11. The van der Waals surface area contributed by atoms with E-state index in [0.717, 1.165) is 11.4 Å². The quantitative estimate of drug-likeness (QED) is 0.746. The number of carboxylic acids is 1. The lowest BCUT2D eigenvalue weighted by Gasteiger charge is -2.15. The molecule has 1 atom stereocenters. The van der Waals surface area contributed by atoms with Crippen LogP contribution in [0.25, 0.3) is 0 Å². The molecule has 0 aliphatic carbocycles. The molecule has 2 N–H and O–H groups in total. The van der Waals surface area contributed by atoms with E-state index in [1.165, 1.54) is 10.8 Å². The molecule has 19 heavy (non-hydrogen) atoms. The fraction of sp³-hybridized carbons (Fsp3) is 0.417. The van der Waals surface area contributed by atoms with Gasteiger partial charge >= 0.3 is 12.1 Å². The molecule has 104 valence electrons. The molecule has 7 heteroatoms. The maximum Gasteiger partial charge on any atom is 0.408 e. The topological polar surface area (TPSA) is 93.5 Å². The van der Waals surface area contributed by atoms with Crippen LogP contribution in [0, 0.1) is 13.8 Å². The van der Waals surface area contributed by atoms with Gasteiger partial charge in [0.2, 0.25) is 0 Å². The fourth-order valence-corrected chi connectivity index (χ4v) is 1.54. The monoisotopic (exact) mass is 267 g/mol. The van der Waals surface area contributed by atoms with Crippen molar-refractivity contribution in [2.24, 2.45) is 0 Å². The van der Waals surface area contributed by atoms with Crippen LogP contribution < -0.4 is 5.32 Å². The molecular formula is C12H17N3O4. The molecule has 0 radical (unpaired) electrons. The molecule has 0 saturated heterocycles. The lowest BCUT2D eigenvalue weighted by Crippen LogP contribution is -2.44. The second kappa shape index (κ2) is 6.58. The number of rotatable bonds is 6. The Morgan fingerprint density at radius 3 is 2.79 bits per heavy atom. The molecule has 7 nitrogen and oxygen atoms in total. The zero-order chi connectivity index (χ0) is 14.4. The minimum absolute atomic E-state index is 0.0259. The number of nitrogens with one attached hydrogen (secondary N) is 1. The van der Waals surface area contributed by atoms with Gasteiger partial charge in [-0.1, -0.05) is 12.7 Å². The van der Waals surface area contributed by atoms with Gasteiger partial charge in [-0.05, 0) is 19.9 Å². The van der Waals surface area contributed by atoms with Gasteiger partial charge in [0.25, 0.3) is 0 Å². The summed E-state index contributed by atoms with van der Waals surface area (Å²) in [5.74, 6) is -1.15. The average molecular weight is 267 g/mol. The molecule has 0 fully saturated rings. The van der Waals surface area contributed by atoms with E-state index in [1.54, 1.807) is 0 Å². The number of alkyl carbamates (subject to hydrolysis) is 1. The van der Waals surface area contributed by atoms with Gasteiger partial charge in [0.15, 0.2) is 0 Å². The van der Waals surface area contributed by atoms with Gasteiger partial charge in [0.05, 0.1) is 12.2 Å². The number of hydrogen-bond donors (Lipinski definition) is 2. The number of carbonyl (C=O) groups excluding carboxylic acids is 1. The van der Waals surface area contributed by atoms with Crippen molar-refractivity contribution in [1.29, 1.82) is 0 Å². The highest BCUT2D eigenvalue weighted by Gasteiger charge is 2.22. The van der Waals surface area contributed by atoms with Crippen LogP contribution in [0.2, 0.25) is 0 Å². The minimum Gasteiger partial charge on any atom is -0.480 e. The van der Waals surface area contributed by atoms with E-state index in [-0.39, 0.29) is 13.2 Å². The van der Waals surface area contributed by atoms with E-state index < -0.39 is 18.1 Å². The standard InChI is InChI=1S/C12H17N3O4/c1-4-5-19-12(18)13-10(11(16)17)7-15-9(3)6-8(2)14-15/h4,6,10H,1,5,7H2,2-3H3,(H,13,18)(H,16,17).